The first kappa shape index (κ1) is 8.58. The van der Waals surface area contributed by atoms with Gasteiger partial charge >= 0.3 is 5.97 Å². The van der Waals surface area contributed by atoms with E-state index in [2.05, 4.69) is 4.98 Å². The lowest BCUT2D eigenvalue weighted by molar-refractivity contribution is 0.0687. The van der Waals surface area contributed by atoms with Gasteiger partial charge in [0.15, 0.2) is 0 Å². The lowest BCUT2D eigenvalue weighted by Crippen LogP contribution is -2.00. The molecular weight excluding hydrogens is 160 g/mol. The van der Waals surface area contributed by atoms with Gasteiger partial charge in [0.1, 0.15) is 0 Å². The number of aromatic carboxylic acids is 1. The number of carboxylic acids is 1. The van der Waals surface area contributed by atoms with E-state index in [0.717, 1.165) is 0 Å². The molecule has 0 aliphatic heterocycles. The second-order valence-electron chi connectivity index (χ2n) is 2.72. The molecule has 0 spiro atoms. The average Bonchev–Trinajstić information content (AvgIpc) is 2.30. The van der Waals surface area contributed by atoms with Crippen LogP contribution in [-0.2, 0) is 0 Å². The van der Waals surface area contributed by atoms with Gasteiger partial charge in [-0.3, -0.25) is 4.57 Å². The lowest BCUT2D eigenvalue weighted by Gasteiger charge is -2.06. The topological polar surface area (TPSA) is 75.4 Å². The standard InChI is InChI=1S/C7H10N2O3/c1-4(2)9-3-8-5(6(9)10)7(11)12/h3-4,10H,1-2H3,(H,11,12). The van der Waals surface area contributed by atoms with Crippen molar-refractivity contribution >= 4 is 5.97 Å². The molecule has 1 rings (SSSR count). The second-order valence-corrected chi connectivity index (χ2v) is 2.72. The number of carbonyl (C=O) groups is 1. The summed E-state index contributed by atoms with van der Waals surface area (Å²) in [5, 5.41) is 17.8. The minimum absolute atomic E-state index is 0.00519. The van der Waals surface area contributed by atoms with Gasteiger partial charge in [0.05, 0.1) is 6.33 Å². The summed E-state index contributed by atoms with van der Waals surface area (Å²) in [4.78, 5) is 14.0. The molecule has 12 heavy (non-hydrogen) atoms. The molecule has 5 heteroatoms. The Hall–Kier alpha value is -1.52. The number of aromatic nitrogens is 2. The Bertz CT molecular complexity index is 304. The van der Waals surface area contributed by atoms with E-state index in [1.807, 2.05) is 13.8 Å². The molecule has 1 heterocycles. The second kappa shape index (κ2) is 2.84. The SMILES string of the molecule is CC(C)n1cnc(C(=O)O)c1O. The number of hydrogen-bond donors (Lipinski definition) is 2. The number of imidazole rings is 1. The third-order valence-corrected chi connectivity index (χ3v) is 1.53. The third kappa shape index (κ3) is 1.25. The minimum atomic E-state index is -1.22. The smallest absolute Gasteiger partial charge is 0.360 e. The molecule has 66 valence electrons. The molecule has 5 nitrogen and oxygen atoms in total. The highest BCUT2D eigenvalue weighted by atomic mass is 16.4. The predicted molar refractivity (Wildman–Crippen MR) is 41.2 cm³/mol. The molecule has 0 fully saturated rings. The van der Waals surface area contributed by atoms with Crippen LogP contribution in [0.3, 0.4) is 0 Å². The number of aromatic hydroxyl groups is 1. The zero-order chi connectivity index (χ0) is 9.30. The maximum Gasteiger partial charge on any atom is 0.360 e. The average molecular weight is 170 g/mol. The van der Waals surface area contributed by atoms with Gasteiger partial charge < -0.3 is 10.2 Å². The van der Waals surface area contributed by atoms with Gasteiger partial charge in [-0.2, -0.15) is 0 Å². The first-order chi connectivity index (χ1) is 5.54. The van der Waals surface area contributed by atoms with Crippen LogP contribution in [0.5, 0.6) is 5.88 Å². The molecule has 1 aromatic rings. The van der Waals surface area contributed by atoms with Crippen molar-refractivity contribution < 1.29 is 15.0 Å². The zero-order valence-corrected chi connectivity index (χ0v) is 6.85. The Morgan fingerprint density at radius 2 is 2.25 bits per heavy atom. The summed E-state index contributed by atoms with van der Waals surface area (Å²) in [6.07, 6.45) is 1.31. The normalized spacial score (nSPS) is 10.6. The molecule has 0 amide bonds. The summed E-state index contributed by atoms with van der Waals surface area (Å²) in [6.45, 7) is 3.65. The van der Waals surface area contributed by atoms with Crippen LogP contribution in [-0.4, -0.2) is 25.7 Å². The lowest BCUT2D eigenvalue weighted by atomic mass is 10.4. The largest absolute Gasteiger partial charge is 0.493 e. The highest BCUT2D eigenvalue weighted by molar-refractivity contribution is 5.87. The number of carboxylic acid groups (broad SMARTS) is 1. The fourth-order valence-corrected chi connectivity index (χ4v) is 0.883. The van der Waals surface area contributed by atoms with Crippen LogP contribution >= 0.6 is 0 Å². The molecule has 1 aromatic heterocycles. The number of rotatable bonds is 2. The zero-order valence-electron chi connectivity index (χ0n) is 6.85. The summed E-state index contributed by atoms with van der Waals surface area (Å²) in [5.41, 5.74) is -0.302. The maximum atomic E-state index is 10.4. The van der Waals surface area contributed by atoms with Gasteiger partial charge in [0.25, 0.3) is 0 Å². The molecule has 0 saturated heterocycles. The monoisotopic (exact) mass is 170 g/mol. The summed E-state index contributed by atoms with van der Waals surface area (Å²) < 4.78 is 1.39. The van der Waals surface area contributed by atoms with Gasteiger partial charge in [0.2, 0.25) is 11.6 Å². The Labute approximate surface area is 69.3 Å². The van der Waals surface area contributed by atoms with Crippen molar-refractivity contribution in [3.05, 3.63) is 12.0 Å². The molecule has 0 saturated carbocycles. The van der Waals surface area contributed by atoms with Crippen molar-refractivity contribution in [2.24, 2.45) is 0 Å². The maximum absolute atomic E-state index is 10.4. The molecule has 0 radical (unpaired) electrons. The van der Waals surface area contributed by atoms with E-state index < -0.39 is 5.97 Å². The first-order valence-electron chi connectivity index (χ1n) is 3.53. The molecule has 0 bridgehead atoms. The van der Waals surface area contributed by atoms with Crippen molar-refractivity contribution in [1.82, 2.24) is 9.55 Å². The molecule has 0 unspecified atom stereocenters. The number of hydrogen-bond acceptors (Lipinski definition) is 3. The highest BCUT2D eigenvalue weighted by Gasteiger charge is 2.17. The van der Waals surface area contributed by atoms with Crippen molar-refractivity contribution in [2.75, 3.05) is 0 Å². The van der Waals surface area contributed by atoms with Crippen LogP contribution in [0.1, 0.15) is 30.4 Å². The minimum Gasteiger partial charge on any atom is -0.493 e. The van der Waals surface area contributed by atoms with Crippen molar-refractivity contribution in [1.29, 1.82) is 0 Å². The predicted octanol–water partition coefficient (Wildman–Crippen LogP) is 0.868. The number of nitrogens with zero attached hydrogens (tertiary/aromatic N) is 2. The third-order valence-electron chi connectivity index (χ3n) is 1.53. The Balaban J connectivity index is 3.13. The van der Waals surface area contributed by atoms with E-state index in [0.29, 0.717) is 0 Å². The summed E-state index contributed by atoms with van der Waals surface area (Å²) in [7, 11) is 0. The van der Waals surface area contributed by atoms with Crippen LogP contribution < -0.4 is 0 Å². The van der Waals surface area contributed by atoms with Crippen molar-refractivity contribution in [3.8, 4) is 5.88 Å². The van der Waals surface area contributed by atoms with E-state index in [9.17, 15) is 9.90 Å². The van der Waals surface area contributed by atoms with E-state index in [4.69, 9.17) is 5.11 Å². The fourth-order valence-electron chi connectivity index (χ4n) is 0.883. The van der Waals surface area contributed by atoms with Crippen LogP contribution in [0.15, 0.2) is 6.33 Å². The Kier molecular flexibility index (Phi) is 2.03. The molecule has 0 aliphatic rings. The van der Waals surface area contributed by atoms with Gasteiger partial charge in [-0.15, -0.1) is 0 Å². The van der Waals surface area contributed by atoms with Gasteiger partial charge in [0, 0.05) is 6.04 Å². The Morgan fingerprint density at radius 1 is 1.67 bits per heavy atom. The molecule has 2 N–H and O–H groups in total. The molecule has 0 aliphatic carbocycles. The van der Waals surface area contributed by atoms with E-state index in [1.165, 1.54) is 10.9 Å². The quantitative estimate of drug-likeness (QED) is 0.690. The van der Waals surface area contributed by atoms with E-state index in [-0.39, 0.29) is 17.6 Å². The van der Waals surface area contributed by atoms with E-state index >= 15 is 0 Å². The molecule has 0 aromatic carbocycles. The van der Waals surface area contributed by atoms with Crippen LogP contribution in [0.2, 0.25) is 0 Å². The summed E-state index contributed by atoms with van der Waals surface area (Å²) in [5.74, 6) is -1.51. The molecule has 0 atom stereocenters. The Morgan fingerprint density at radius 3 is 2.50 bits per heavy atom. The summed E-state index contributed by atoms with van der Waals surface area (Å²) in [6, 6.07) is 0.00519. The van der Waals surface area contributed by atoms with Crippen LogP contribution in [0, 0.1) is 0 Å². The van der Waals surface area contributed by atoms with Crippen molar-refractivity contribution in [3.63, 3.8) is 0 Å². The van der Waals surface area contributed by atoms with Crippen molar-refractivity contribution in [2.45, 2.75) is 19.9 Å². The van der Waals surface area contributed by atoms with E-state index in [1.54, 1.807) is 0 Å². The first-order valence-corrected chi connectivity index (χ1v) is 3.53. The highest BCUT2D eigenvalue weighted by Crippen LogP contribution is 2.19. The van der Waals surface area contributed by atoms with Crippen LogP contribution in [0.25, 0.3) is 0 Å². The van der Waals surface area contributed by atoms with Gasteiger partial charge in [-0.25, -0.2) is 9.78 Å². The molecular formula is C7H10N2O3. The fraction of sp³-hybridized carbons (Fsp3) is 0.429. The van der Waals surface area contributed by atoms with Crippen LogP contribution in [0.4, 0.5) is 0 Å². The van der Waals surface area contributed by atoms with Gasteiger partial charge in [-0.1, -0.05) is 0 Å². The summed E-state index contributed by atoms with van der Waals surface area (Å²) >= 11 is 0. The van der Waals surface area contributed by atoms with Gasteiger partial charge in [-0.05, 0) is 13.8 Å².